The summed E-state index contributed by atoms with van der Waals surface area (Å²) in [5.74, 6) is -2.14. The van der Waals surface area contributed by atoms with E-state index in [1.807, 2.05) is 0 Å². The van der Waals surface area contributed by atoms with Crippen LogP contribution < -0.4 is 9.62 Å². The minimum Gasteiger partial charge on any atom is -0.316 e. The maximum Gasteiger partial charge on any atom is 0.262 e. The minimum atomic E-state index is -4.12. The Morgan fingerprint density at radius 2 is 1.57 bits per heavy atom. The molecule has 0 heterocycles. The minimum absolute atomic E-state index is 0.173. The van der Waals surface area contributed by atoms with Crippen molar-refractivity contribution in [3.63, 3.8) is 0 Å². The van der Waals surface area contributed by atoms with Gasteiger partial charge in [-0.3, -0.25) is 9.52 Å². The van der Waals surface area contributed by atoms with Gasteiger partial charge in [-0.1, -0.05) is 0 Å². The van der Waals surface area contributed by atoms with Crippen LogP contribution in [0.2, 0.25) is 0 Å². The van der Waals surface area contributed by atoms with Crippen LogP contribution in [0.4, 0.5) is 20.2 Å². The molecule has 0 bridgehead atoms. The summed E-state index contributed by atoms with van der Waals surface area (Å²) in [4.78, 5) is 12.1. The van der Waals surface area contributed by atoms with Crippen molar-refractivity contribution in [3.8, 4) is 0 Å². The molecule has 0 atom stereocenters. The summed E-state index contributed by atoms with van der Waals surface area (Å²) in [5, 5.41) is 0. The first-order valence-corrected chi connectivity index (χ1v) is 8.00. The van der Waals surface area contributed by atoms with Gasteiger partial charge >= 0.3 is 0 Å². The van der Waals surface area contributed by atoms with Crippen molar-refractivity contribution in [2.24, 2.45) is 0 Å². The number of anilines is 2. The van der Waals surface area contributed by atoms with Gasteiger partial charge in [0.1, 0.15) is 11.6 Å². The van der Waals surface area contributed by atoms with E-state index in [2.05, 4.69) is 4.72 Å². The largest absolute Gasteiger partial charge is 0.316 e. The number of rotatable bonds is 4. The van der Waals surface area contributed by atoms with E-state index in [1.165, 1.54) is 24.0 Å². The van der Waals surface area contributed by atoms with Crippen molar-refractivity contribution < 1.29 is 22.0 Å². The van der Waals surface area contributed by atoms with Crippen molar-refractivity contribution in [1.82, 2.24) is 0 Å². The fourth-order valence-corrected chi connectivity index (χ4v) is 2.93. The summed E-state index contributed by atoms with van der Waals surface area (Å²) in [6.45, 7) is 1.40. The van der Waals surface area contributed by atoms with Crippen LogP contribution in [0.3, 0.4) is 0 Å². The normalized spacial score (nSPS) is 11.1. The second-order valence-corrected chi connectivity index (χ2v) is 6.52. The second-order valence-electron chi connectivity index (χ2n) is 4.84. The summed E-state index contributed by atoms with van der Waals surface area (Å²) in [6.07, 6.45) is 0. The molecule has 0 fully saturated rings. The summed E-state index contributed by atoms with van der Waals surface area (Å²) >= 11 is 0. The molecule has 0 radical (unpaired) electrons. The number of nitrogens with one attached hydrogen (secondary N) is 1. The predicted octanol–water partition coefficient (Wildman–Crippen LogP) is 2.75. The third-order valence-corrected chi connectivity index (χ3v) is 4.49. The number of amides is 1. The van der Waals surface area contributed by atoms with Crippen LogP contribution in [0.15, 0.2) is 47.4 Å². The van der Waals surface area contributed by atoms with Crippen LogP contribution >= 0.6 is 0 Å². The molecule has 122 valence electrons. The van der Waals surface area contributed by atoms with Gasteiger partial charge in [-0.2, -0.15) is 0 Å². The molecule has 0 spiro atoms. The Morgan fingerprint density at radius 1 is 1.04 bits per heavy atom. The lowest BCUT2D eigenvalue weighted by atomic mass is 10.2. The Bertz CT molecular complexity index is 816. The molecule has 1 amide bonds. The van der Waals surface area contributed by atoms with Crippen LogP contribution in [0.1, 0.15) is 6.92 Å². The van der Waals surface area contributed by atoms with E-state index in [-0.39, 0.29) is 11.6 Å². The molecule has 23 heavy (non-hydrogen) atoms. The Hall–Kier alpha value is -2.48. The fourth-order valence-electron chi connectivity index (χ4n) is 1.83. The molecular weight excluding hydrogens is 326 g/mol. The predicted molar refractivity (Wildman–Crippen MR) is 82.7 cm³/mol. The first-order chi connectivity index (χ1) is 10.7. The van der Waals surface area contributed by atoms with Gasteiger partial charge in [0.05, 0.1) is 4.90 Å². The molecule has 0 aromatic heterocycles. The first kappa shape index (κ1) is 16.9. The quantitative estimate of drug-likeness (QED) is 0.931. The van der Waals surface area contributed by atoms with Gasteiger partial charge in [-0.05, 0) is 36.4 Å². The molecule has 5 nitrogen and oxygen atoms in total. The van der Waals surface area contributed by atoms with Gasteiger partial charge in [-0.15, -0.1) is 0 Å². The van der Waals surface area contributed by atoms with Crippen LogP contribution in [-0.2, 0) is 14.8 Å². The zero-order chi connectivity index (χ0) is 17.2. The number of carbonyl (C=O) groups is 1. The molecule has 8 heteroatoms. The van der Waals surface area contributed by atoms with Crippen LogP contribution in [-0.4, -0.2) is 21.4 Å². The Kier molecular flexibility index (Phi) is 4.65. The molecule has 0 aliphatic heterocycles. The highest BCUT2D eigenvalue weighted by Gasteiger charge is 2.17. The highest BCUT2D eigenvalue weighted by molar-refractivity contribution is 7.92. The topological polar surface area (TPSA) is 66.5 Å². The van der Waals surface area contributed by atoms with E-state index >= 15 is 0 Å². The molecule has 0 unspecified atom stereocenters. The zero-order valence-corrected chi connectivity index (χ0v) is 13.2. The highest BCUT2D eigenvalue weighted by atomic mass is 32.2. The average molecular weight is 340 g/mol. The number of carbonyl (C=O) groups excluding carboxylic acids is 1. The van der Waals surface area contributed by atoms with E-state index < -0.39 is 26.6 Å². The van der Waals surface area contributed by atoms with Crippen LogP contribution in [0, 0.1) is 11.6 Å². The molecular formula is C15H14F2N2O3S. The van der Waals surface area contributed by atoms with Gasteiger partial charge in [0.2, 0.25) is 5.91 Å². The van der Waals surface area contributed by atoms with Crippen LogP contribution in [0.25, 0.3) is 0 Å². The van der Waals surface area contributed by atoms with E-state index in [0.29, 0.717) is 11.8 Å². The van der Waals surface area contributed by atoms with E-state index in [9.17, 15) is 22.0 Å². The number of hydrogen-bond acceptors (Lipinski definition) is 3. The van der Waals surface area contributed by atoms with Crippen molar-refractivity contribution in [2.75, 3.05) is 16.7 Å². The third kappa shape index (κ3) is 4.04. The second kappa shape index (κ2) is 6.33. The van der Waals surface area contributed by atoms with Gasteiger partial charge in [0.15, 0.2) is 0 Å². The number of halogens is 2. The highest BCUT2D eigenvalue weighted by Crippen LogP contribution is 2.21. The van der Waals surface area contributed by atoms with E-state index in [0.717, 1.165) is 12.1 Å². The number of sulfonamides is 1. The third-order valence-electron chi connectivity index (χ3n) is 3.13. The number of benzene rings is 2. The molecule has 2 aromatic carbocycles. The molecule has 1 N–H and O–H groups in total. The lowest BCUT2D eigenvalue weighted by Crippen LogP contribution is -2.22. The Labute approximate surface area is 132 Å². The van der Waals surface area contributed by atoms with Gasteiger partial charge in [0.25, 0.3) is 10.0 Å². The van der Waals surface area contributed by atoms with Crippen LogP contribution in [0.5, 0.6) is 0 Å². The first-order valence-electron chi connectivity index (χ1n) is 6.52. The van der Waals surface area contributed by atoms with Crippen molar-refractivity contribution >= 4 is 27.3 Å². The smallest absolute Gasteiger partial charge is 0.262 e. The van der Waals surface area contributed by atoms with E-state index in [4.69, 9.17) is 0 Å². The van der Waals surface area contributed by atoms with Crippen molar-refractivity contribution in [3.05, 3.63) is 54.1 Å². The number of hydrogen-bond donors (Lipinski definition) is 1. The molecule has 0 saturated heterocycles. The maximum atomic E-state index is 13.1. The SMILES string of the molecule is CC(=O)N(C)c1ccc(NS(=O)(=O)c2cc(F)cc(F)c2)cc1. The molecule has 0 saturated carbocycles. The van der Waals surface area contributed by atoms with Crippen molar-refractivity contribution in [1.29, 1.82) is 0 Å². The molecule has 0 aliphatic carbocycles. The summed E-state index contributed by atoms with van der Waals surface area (Å²) in [7, 11) is -2.54. The van der Waals surface area contributed by atoms with Gasteiger partial charge < -0.3 is 4.90 Å². The molecule has 2 aromatic rings. The standard InChI is InChI=1S/C15H14F2N2O3S/c1-10(20)19(2)14-5-3-13(4-6-14)18-23(21,22)15-8-11(16)7-12(17)9-15/h3-9,18H,1-2H3. The summed E-state index contributed by atoms with van der Waals surface area (Å²) in [6, 6.07) is 8.03. The molecule has 0 aliphatic rings. The zero-order valence-electron chi connectivity index (χ0n) is 12.4. The Balaban J connectivity index is 2.25. The average Bonchev–Trinajstić information content (AvgIpc) is 2.46. The Morgan fingerprint density at radius 3 is 2.04 bits per heavy atom. The van der Waals surface area contributed by atoms with E-state index in [1.54, 1.807) is 19.2 Å². The number of nitrogens with zero attached hydrogens (tertiary/aromatic N) is 1. The van der Waals surface area contributed by atoms with Crippen molar-refractivity contribution in [2.45, 2.75) is 11.8 Å². The lowest BCUT2D eigenvalue weighted by molar-refractivity contribution is -0.116. The molecule has 2 rings (SSSR count). The van der Waals surface area contributed by atoms with Gasteiger partial charge in [-0.25, -0.2) is 17.2 Å². The monoisotopic (exact) mass is 340 g/mol. The van der Waals surface area contributed by atoms with Gasteiger partial charge in [0, 0.05) is 31.4 Å². The summed E-state index contributed by atoms with van der Waals surface area (Å²) in [5.41, 5.74) is 0.785. The lowest BCUT2D eigenvalue weighted by Gasteiger charge is -2.15. The maximum absolute atomic E-state index is 13.1. The fraction of sp³-hybridized carbons (Fsp3) is 0.133. The summed E-state index contributed by atoms with van der Waals surface area (Å²) < 4.78 is 52.8.